The number of hydrogen-bond acceptors (Lipinski definition) is 3. The number of pyridine rings is 1. The molecule has 1 atom stereocenters. The Hall–Kier alpha value is -1.59. The van der Waals surface area contributed by atoms with Gasteiger partial charge in [0.15, 0.2) is 0 Å². The van der Waals surface area contributed by atoms with Gasteiger partial charge in [-0.05, 0) is 37.9 Å². The lowest BCUT2D eigenvalue weighted by Crippen LogP contribution is -2.39. The molecule has 1 N–H and O–H groups in total. The Morgan fingerprint density at radius 3 is 3.00 bits per heavy atom. The number of likely N-dealkylation sites (tertiary alicyclic amines) is 1. The third kappa shape index (κ3) is 3.51. The fourth-order valence-corrected chi connectivity index (χ4v) is 3.65. The van der Waals surface area contributed by atoms with Gasteiger partial charge in [0.05, 0.1) is 22.8 Å². The van der Waals surface area contributed by atoms with E-state index in [0.717, 1.165) is 30.9 Å². The molecule has 0 spiro atoms. The number of aromatic nitrogens is 2. The summed E-state index contributed by atoms with van der Waals surface area (Å²) >= 11 is 6.13. The second kappa shape index (κ2) is 6.89. The fraction of sp³-hybridized carbons (Fsp3) is 0.529. The minimum absolute atomic E-state index is 0.0563. The lowest BCUT2D eigenvalue weighted by atomic mass is 9.99. The van der Waals surface area contributed by atoms with Crippen molar-refractivity contribution < 1.29 is 9.90 Å². The van der Waals surface area contributed by atoms with Crippen LogP contribution in [0.3, 0.4) is 0 Å². The van der Waals surface area contributed by atoms with Crippen LogP contribution in [0, 0.1) is 0 Å². The quantitative estimate of drug-likeness (QED) is 0.910. The summed E-state index contributed by atoms with van der Waals surface area (Å²) in [7, 11) is 0. The number of imidazole rings is 1. The van der Waals surface area contributed by atoms with Crippen molar-refractivity contribution in [3.05, 3.63) is 34.7 Å². The largest absolute Gasteiger partial charge is 0.481 e. The minimum atomic E-state index is -0.855. The van der Waals surface area contributed by atoms with Gasteiger partial charge in [0.25, 0.3) is 0 Å². The standard InChI is InChI=1S/C17H22ClN3O2/c1-2-13-5-3-4-8-20(13)11-15-14(9-17(22)23)19-16-7-6-12(18)10-21(15)16/h6-7,10,13H,2-5,8-9,11H2,1H3,(H,22,23). The molecule has 1 unspecified atom stereocenters. The van der Waals surface area contributed by atoms with Crippen molar-refractivity contribution in [1.82, 2.24) is 14.3 Å². The molecular formula is C17H22ClN3O2. The molecule has 1 aliphatic heterocycles. The number of aliphatic carboxylic acids is 1. The van der Waals surface area contributed by atoms with Crippen LogP contribution in [0.1, 0.15) is 44.0 Å². The van der Waals surface area contributed by atoms with E-state index in [1.807, 2.05) is 16.7 Å². The van der Waals surface area contributed by atoms with E-state index < -0.39 is 5.97 Å². The molecule has 2 aromatic rings. The van der Waals surface area contributed by atoms with Gasteiger partial charge in [-0.25, -0.2) is 4.98 Å². The van der Waals surface area contributed by atoms with E-state index in [-0.39, 0.29) is 6.42 Å². The van der Waals surface area contributed by atoms with Gasteiger partial charge in [-0.1, -0.05) is 24.9 Å². The molecule has 0 aliphatic carbocycles. The van der Waals surface area contributed by atoms with E-state index in [9.17, 15) is 9.90 Å². The Bertz CT molecular complexity index is 713. The van der Waals surface area contributed by atoms with Gasteiger partial charge in [0.1, 0.15) is 5.65 Å². The lowest BCUT2D eigenvalue weighted by molar-refractivity contribution is -0.136. The average molecular weight is 336 g/mol. The summed E-state index contributed by atoms with van der Waals surface area (Å²) in [5.41, 5.74) is 2.34. The van der Waals surface area contributed by atoms with Crippen LogP contribution in [-0.2, 0) is 17.8 Å². The van der Waals surface area contributed by atoms with Crippen molar-refractivity contribution in [3.8, 4) is 0 Å². The molecule has 0 bridgehead atoms. The van der Waals surface area contributed by atoms with E-state index in [2.05, 4.69) is 16.8 Å². The number of fused-ring (bicyclic) bond motifs is 1. The van der Waals surface area contributed by atoms with E-state index in [1.165, 1.54) is 19.3 Å². The molecule has 0 saturated carbocycles. The van der Waals surface area contributed by atoms with Crippen molar-refractivity contribution in [2.75, 3.05) is 6.54 Å². The molecule has 0 radical (unpaired) electrons. The molecule has 1 saturated heterocycles. The number of carboxylic acids is 1. The van der Waals surface area contributed by atoms with Gasteiger partial charge >= 0.3 is 5.97 Å². The molecule has 124 valence electrons. The summed E-state index contributed by atoms with van der Waals surface area (Å²) in [6.07, 6.45) is 6.57. The highest BCUT2D eigenvalue weighted by Crippen LogP contribution is 2.24. The molecule has 3 rings (SSSR count). The summed E-state index contributed by atoms with van der Waals surface area (Å²) in [6, 6.07) is 4.18. The molecule has 0 aromatic carbocycles. The Labute approximate surface area is 140 Å². The second-order valence-corrected chi connectivity index (χ2v) is 6.62. The molecule has 2 aromatic heterocycles. The smallest absolute Gasteiger partial charge is 0.309 e. The first-order valence-electron chi connectivity index (χ1n) is 8.19. The SMILES string of the molecule is CCC1CCCCN1Cc1c(CC(=O)O)nc2ccc(Cl)cn12. The highest BCUT2D eigenvalue weighted by atomic mass is 35.5. The van der Waals surface area contributed by atoms with E-state index in [1.54, 1.807) is 6.07 Å². The molecule has 6 heteroatoms. The lowest BCUT2D eigenvalue weighted by Gasteiger charge is -2.35. The van der Waals surface area contributed by atoms with E-state index in [0.29, 0.717) is 16.8 Å². The van der Waals surface area contributed by atoms with E-state index >= 15 is 0 Å². The molecular weight excluding hydrogens is 314 g/mol. The Morgan fingerprint density at radius 2 is 2.26 bits per heavy atom. The van der Waals surface area contributed by atoms with Crippen molar-refractivity contribution in [2.45, 2.75) is 51.6 Å². The van der Waals surface area contributed by atoms with E-state index in [4.69, 9.17) is 11.6 Å². The number of carboxylic acid groups (broad SMARTS) is 1. The average Bonchev–Trinajstić information content (AvgIpc) is 2.84. The zero-order chi connectivity index (χ0) is 16.4. The number of piperidine rings is 1. The molecule has 1 fully saturated rings. The Morgan fingerprint density at radius 1 is 1.43 bits per heavy atom. The van der Waals surface area contributed by atoms with Crippen LogP contribution >= 0.6 is 11.6 Å². The van der Waals surface area contributed by atoms with Crippen LogP contribution in [-0.4, -0.2) is 37.9 Å². The minimum Gasteiger partial charge on any atom is -0.481 e. The second-order valence-electron chi connectivity index (χ2n) is 6.18. The van der Waals surface area contributed by atoms with Gasteiger partial charge in [-0.2, -0.15) is 0 Å². The predicted octanol–water partition coefficient (Wildman–Crippen LogP) is 3.38. The first-order chi connectivity index (χ1) is 11.1. The van der Waals surface area contributed by atoms with Crippen molar-refractivity contribution >= 4 is 23.2 Å². The van der Waals surface area contributed by atoms with Crippen LogP contribution in [0.4, 0.5) is 0 Å². The van der Waals surface area contributed by atoms with Crippen LogP contribution in [0.5, 0.6) is 0 Å². The fourth-order valence-electron chi connectivity index (χ4n) is 3.49. The summed E-state index contributed by atoms with van der Waals surface area (Å²) in [5, 5.41) is 9.81. The maximum Gasteiger partial charge on any atom is 0.309 e. The van der Waals surface area contributed by atoms with Gasteiger partial charge in [-0.15, -0.1) is 0 Å². The number of hydrogen-bond donors (Lipinski definition) is 1. The molecule has 3 heterocycles. The molecule has 0 amide bonds. The normalized spacial score (nSPS) is 19.3. The number of carbonyl (C=O) groups is 1. The number of halogens is 1. The molecule has 5 nitrogen and oxygen atoms in total. The topological polar surface area (TPSA) is 57.8 Å². The summed E-state index contributed by atoms with van der Waals surface area (Å²) in [5.74, 6) is -0.855. The number of nitrogens with zero attached hydrogens (tertiary/aromatic N) is 3. The van der Waals surface area contributed by atoms with Gasteiger partial charge < -0.3 is 9.51 Å². The predicted molar refractivity (Wildman–Crippen MR) is 89.9 cm³/mol. The third-order valence-corrected chi connectivity index (χ3v) is 4.88. The monoisotopic (exact) mass is 335 g/mol. The van der Waals surface area contributed by atoms with Crippen LogP contribution < -0.4 is 0 Å². The summed E-state index contributed by atoms with van der Waals surface area (Å²) in [4.78, 5) is 18.2. The maximum atomic E-state index is 11.2. The first kappa shape index (κ1) is 16.3. The summed E-state index contributed by atoms with van der Waals surface area (Å²) < 4.78 is 1.95. The zero-order valence-electron chi connectivity index (χ0n) is 13.3. The van der Waals surface area contributed by atoms with Gasteiger partial charge in [0, 0.05) is 18.8 Å². The van der Waals surface area contributed by atoms with Crippen molar-refractivity contribution in [2.24, 2.45) is 0 Å². The van der Waals surface area contributed by atoms with Crippen LogP contribution in [0.2, 0.25) is 5.02 Å². The molecule has 1 aliphatic rings. The van der Waals surface area contributed by atoms with Gasteiger partial charge in [-0.3, -0.25) is 9.69 Å². The highest BCUT2D eigenvalue weighted by molar-refractivity contribution is 6.30. The zero-order valence-corrected chi connectivity index (χ0v) is 14.1. The summed E-state index contributed by atoms with van der Waals surface area (Å²) in [6.45, 7) is 3.99. The Balaban J connectivity index is 1.99. The maximum absolute atomic E-state index is 11.2. The van der Waals surface area contributed by atoms with Gasteiger partial charge in [0.2, 0.25) is 0 Å². The molecule has 23 heavy (non-hydrogen) atoms. The van der Waals surface area contributed by atoms with Crippen molar-refractivity contribution in [3.63, 3.8) is 0 Å². The third-order valence-electron chi connectivity index (χ3n) is 4.66. The first-order valence-corrected chi connectivity index (χ1v) is 8.57. The Kier molecular flexibility index (Phi) is 4.87. The van der Waals surface area contributed by atoms with Crippen molar-refractivity contribution in [1.29, 1.82) is 0 Å². The van der Waals surface area contributed by atoms with Crippen LogP contribution in [0.15, 0.2) is 18.3 Å². The number of rotatable bonds is 5. The van der Waals surface area contributed by atoms with Crippen LogP contribution in [0.25, 0.3) is 5.65 Å². The highest BCUT2D eigenvalue weighted by Gasteiger charge is 2.24.